The number of aryl methyl sites for hydroxylation is 1. The molecule has 1 fully saturated rings. The van der Waals surface area contributed by atoms with E-state index in [2.05, 4.69) is 27.9 Å². The summed E-state index contributed by atoms with van der Waals surface area (Å²) in [5, 5.41) is 0. The smallest absolute Gasteiger partial charge is 0.133 e. The lowest BCUT2D eigenvalue weighted by Gasteiger charge is -2.32. The summed E-state index contributed by atoms with van der Waals surface area (Å²) >= 11 is 3.50. The molecule has 1 atom stereocenters. The Morgan fingerprint density at radius 2 is 2.22 bits per heavy atom. The quantitative estimate of drug-likeness (QED) is 0.871. The van der Waals surface area contributed by atoms with Gasteiger partial charge in [0.15, 0.2) is 0 Å². The summed E-state index contributed by atoms with van der Waals surface area (Å²) in [7, 11) is 2.18. The zero-order chi connectivity index (χ0) is 13.1. The van der Waals surface area contributed by atoms with Crippen LogP contribution in [0.3, 0.4) is 0 Å². The van der Waals surface area contributed by atoms with E-state index in [1.165, 1.54) is 25.8 Å². The van der Waals surface area contributed by atoms with E-state index in [-0.39, 0.29) is 0 Å². The Kier molecular flexibility index (Phi) is 4.51. The van der Waals surface area contributed by atoms with Crippen LogP contribution in [-0.4, -0.2) is 31.1 Å². The van der Waals surface area contributed by atoms with E-state index in [1.54, 1.807) is 0 Å². The highest BCUT2D eigenvalue weighted by atomic mass is 79.9. The first-order chi connectivity index (χ1) is 8.58. The van der Waals surface area contributed by atoms with Gasteiger partial charge in [-0.05, 0) is 67.0 Å². The molecule has 0 aliphatic carbocycles. The molecule has 0 amide bonds. The van der Waals surface area contributed by atoms with Crippen molar-refractivity contribution in [3.63, 3.8) is 0 Å². The topological polar surface area (TPSA) is 38.5 Å². The third-order valence-corrected chi connectivity index (χ3v) is 4.29. The van der Waals surface area contributed by atoms with Crippen molar-refractivity contribution in [3.8, 4) is 5.75 Å². The van der Waals surface area contributed by atoms with Crippen molar-refractivity contribution in [2.24, 2.45) is 0 Å². The average Bonchev–Trinajstić information content (AvgIpc) is 2.34. The highest BCUT2D eigenvalue weighted by molar-refractivity contribution is 9.10. The fourth-order valence-corrected chi connectivity index (χ4v) is 2.80. The van der Waals surface area contributed by atoms with Crippen molar-refractivity contribution in [3.05, 3.63) is 22.2 Å². The van der Waals surface area contributed by atoms with Crippen LogP contribution in [0.1, 0.15) is 24.8 Å². The van der Waals surface area contributed by atoms with Crippen LogP contribution in [-0.2, 0) is 0 Å². The first-order valence-corrected chi connectivity index (χ1v) is 7.26. The largest absolute Gasteiger partial charge is 0.491 e. The summed E-state index contributed by atoms with van der Waals surface area (Å²) in [5.41, 5.74) is 7.71. The second-order valence-electron chi connectivity index (χ2n) is 5.08. The number of ether oxygens (including phenoxy) is 1. The normalized spacial score (nSPS) is 20.9. The number of halogens is 1. The van der Waals surface area contributed by atoms with Crippen molar-refractivity contribution in [1.29, 1.82) is 0 Å². The van der Waals surface area contributed by atoms with Crippen LogP contribution in [0.25, 0.3) is 0 Å². The number of hydrogen-bond acceptors (Lipinski definition) is 3. The summed E-state index contributed by atoms with van der Waals surface area (Å²) < 4.78 is 6.87. The zero-order valence-electron chi connectivity index (χ0n) is 11.1. The van der Waals surface area contributed by atoms with Crippen LogP contribution in [0.4, 0.5) is 5.69 Å². The minimum Gasteiger partial charge on any atom is -0.491 e. The molecule has 1 unspecified atom stereocenters. The molecule has 18 heavy (non-hydrogen) atoms. The van der Waals surface area contributed by atoms with E-state index >= 15 is 0 Å². The fraction of sp³-hybridized carbons (Fsp3) is 0.571. The molecule has 1 saturated heterocycles. The first kappa shape index (κ1) is 13.7. The van der Waals surface area contributed by atoms with E-state index in [0.29, 0.717) is 6.04 Å². The van der Waals surface area contributed by atoms with Crippen molar-refractivity contribution in [1.82, 2.24) is 4.90 Å². The van der Waals surface area contributed by atoms with Gasteiger partial charge in [0.05, 0.1) is 4.47 Å². The number of nitrogens with zero attached hydrogens (tertiary/aromatic N) is 1. The molecule has 4 heteroatoms. The van der Waals surface area contributed by atoms with E-state index in [4.69, 9.17) is 10.5 Å². The third kappa shape index (κ3) is 3.18. The summed E-state index contributed by atoms with van der Waals surface area (Å²) in [6.07, 6.45) is 3.83. The monoisotopic (exact) mass is 312 g/mol. The molecule has 1 aromatic carbocycles. The lowest BCUT2D eigenvalue weighted by molar-refractivity contribution is 0.124. The number of anilines is 1. The Balaban J connectivity index is 1.99. The van der Waals surface area contributed by atoms with Crippen LogP contribution in [0.15, 0.2) is 16.6 Å². The maximum atomic E-state index is 5.94. The van der Waals surface area contributed by atoms with Gasteiger partial charge in [-0.15, -0.1) is 0 Å². The van der Waals surface area contributed by atoms with Gasteiger partial charge >= 0.3 is 0 Å². The number of likely N-dealkylation sites (tertiary alicyclic amines) is 1. The summed E-state index contributed by atoms with van der Waals surface area (Å²) in [6, 6.07) is 4.45. The van der Waals surface area contributed by atoms with E-state index < -0.39 is 0 Å². The lowest BCUT2D eigenvalue weighted by Crippen LogP contribution is -2.40. The molecule has 0 spiro atoms. The Hall–Kier alpha value is -0.740. The Morgan fingerprint density at radius 1 is 1.44 bits per heavy atom. The Bertz CT molecular complexity index is 423. The van der Waals surface area contributed by atoms with E-state index in [0.717, 1.165) is 28.1 Å². The molecule has 1 aliphatic rings. The average molecular weight is 313 g/mol. The van der Waals surface area contributed by atoms with Gasteiger partial charge in [-0.3, -0.25) is 0 Å². The molecule has 0 bridgehead atoms. The summed E-state index contributed by atoms with van der Waals surface area (Å²) in [5.74, 6) is 0.890. The van der Waals surface area contributed by atoms with Gasteiger partial charge in [0, 0.05) is 11.7 Å². The fourth-order valence-electron chi connectivity index (χ4n) is 2.32. The van der Waals surface area contributed by atoms with Crippen LogP contribution in [0.5, 0.6) is 5.75 Å². The molecule has 0 saturated carbocycles. The molecule has 0 aromatic heterocycles. The highest BCUT2D eigenvalue weighted by Gasteiger charge is 2.19. The molecule has 0 radical (unpaired) electrons. The van der Waals surface area contributed by atoms with Crippen molar-refractivity contribution >= 4 is 21.6 Å². The Labute approximate surface area is 117 Å². The van der Waals surface area contributed by atoms with Crippen LogP contribution in [0, 0.1) is 6.92 Å². The molecule has 100 valence electrons. The van der Waals surface area contributed by atoms with Gasteiger partial charge in [-0.25, -0.2) is 0 Å². The van der Waals surface area contributed by atoms with Crippen molar-refractivity contribution in [2.75, 3.05) is 25.9 Å². The molecule has 1 heterocycles. The van der Waals surface area contributed by atoms with Crippen molar-refractivity contribution < 1.29 is 4.74 Å². The van der Waals surface area contributed by atoms with Crippen LogP contribution >= 0.6 is 15.9 Å². The van der Waals surface area contributed by atoms with Gasteiger partial charge in [-0.2, -0.15) is 0 Å². The molecule has 1 aromatic rings. The molecule has 2 rings (SSSR count). The molecule has 2 N–H and O–H groups in total. The van der Waals surface area contributed by atoms with Gasteiger partial charge in [0.25, 0.3) is 0 Å². The number of nitrogens with two attached hydrogens (primary N) is 1. The second-order valence-corrected chi connectivity index (χ2v) is 5.93. The summed E-state index contributed by atoms with van der Waals surface area (Å²) in [4.78, 5) is 2.39. The molecular weight excluding hydrogens is 292 g/mol. The number of benzene rings is 1. The predicted octanol–water partition coefficient (Wildman–Crippen LogP) is 3.20. The van der Waals surface area contributed by atoms with Gasteiger partial charge < -0.3 is 15.4 Å². The first-order valence-electron chi connectivity index (χ1n) is 6.46. The molecule has 3 nitrogen and oxygen atoms in total. The number of hydrogen-bond donors (Lipinski definition) is 1. The molecular formula is C14H21BrN2O. The third-order valence-electron chi connectivity index (χ3n) is 3.67. The standard InChI is InChI=1S/C14H21BrN2O/c1-10-7-14(12(15)8-13(10)16)18-9-11-5-3-4-6-17(11)2/h7-8,11H,3-6,9,16H2,1-2H3. The van der Waals surface area contributed by atoms with Gasteiger partial charge in [0.1, 0.15) is 12.4 Å². The number of rotatable bonds is 3. The van der Waals surface area contributed by atoms with Crippen molar-refractivity contribution in [2.45, 2.75) is 32.2 Å². The highest BCUT2D eigenvalue weighted by Crippen LogP contribution is 2.30. The number of likely N-dealkylation sites (N-methyl/N-ethyl adjacent to an activating group) is 1. The second kappa shape index (κ2) is 5.93. The minimum absolute atomic E-state index is 0.531. The molecule has 1 aliphatic heterocycles. The Morgan fingerprint density at radius 3 is 2.94 bits per heavy atom. The SMILES string of the molecule is Cc1cc(OCC2CCCCN2C)c(Br)cc1N. The van der Waals surface area contributed by atoms with Gasteiger partial charge in [-0.1, -0.05) is 6.42 Å². The van der Waals surface area contributed by atoms with E-state index in [9.17, 15) is 0 Å². The minimum atomic E-state index is 0.531. The summed E-state index contributed by atoms with van der Waals surface area (Å²) in [6.45, 7) is 3.93. The van der Waals surface area contributed by atoms with Crippen LogP contribution in [0.2, 0.25) is 0 Å². The zero-order valence-corrected chi connectivity index (χ0v) is 12.7. The van der Waals surface area contributed by atoms with Gasteiger partial charge in [0.2, 0.25) is 0 Å². The lowest BCUT2D eigenvalue weighted by atomic mass is 10.0. The van der Waals surface area contributed by atoms with E-state index in [1.807, 2.05) is 19.1 Å². The number of piperidine rings is 1. The van der Waals surface area contributed by atoms with Crippen LogP contribution < -0.4 is 10.5 Å². The maximum absolute atomic E-state index is 5.94. The predicted molar refractivity (Wildman–Crippen MR) is 79.1 cm³/mol. The maximum Gasteiger partial charge on any atom is 0.133 e. The number of nitrogen functional groups attached to an aromatic ring is 1.